The molecule has 0 saturated heterocycles. The summed E-state index contributed by atoms with van der Waals surface area (Å²) in [5.41, 5.74) is 0.471. The Labute approximate surface area is 107 Å². The molecule has 0 atom stereocenters. The molecule has 5 heteroatoms. The van der Waals surface area contributed by atoms with Crippen LogP contribution in [0.15, 0.2) is 42.5 Å². The molecule has 19 heavy (non-hydrogen) atoms. The van der Waals surface area contributed by atoms with Crippen molar-refractivity contribution in [3.63, 3.8) is 0 Å². The fourth-order valence-corrected chi connectivity index (χ4v) is 1.67. The maximum Gasteiger partial charge on any atom is 0.416 e. The molecule has 0 radical (unpaired) electrons. The van der Waals surface area contributed by atoms with Gasteiger partial charge in [0.2, 0.25) is 0 Å². The molecule has 2 rings (SSSR count). The summed E-state index contributed by atoms with van der Waals surface area (Å²) in [4.78, 5) is 10.5. The Morgan fingerprint density at radius 1 is 0.947 bits per heavy atom. The van der Waals surface area contributed by atoms with Gasteiger partial charge in [0, 0.05) is 0 Å². The van der Waals surface area contributed by atoms with Crippen molar-refractivity contribution in [1.82, 2.24) is 0 Å². The van der Waals surface area contributed by atoms with Gasteiger partial charge in [-0.1, -0.05) is 18.2 Å². The van der Waals surface area contributed by atoms with E-state index in [1.54, 1.807) is 6.07 Å². The lowest BCUT2D eigenvalue weighted by Gasteiger charge is -2.08. The van der Waals surface area contributed by atoms with Gasteiger partial charge in [-0.25, -0.2) is 0 Å². The van der Waals surface area contributed by atoms with E-state index in [9.17, 15) is 23.1 Å². The van der Waals surface area contributed by atoms with Gasteiger partial charge in [-0.3, -0.25) is 4.79 Å². The SMILES string of the molecule is O=Cc1ccc(-c2ccc(C(F)(F)F)cc2)cc1O. The predicted molar refractivity (Wildman–Crippen MR) is 63.9 cm³/mol. The lowest BCUT2D eigenvalue weighted by molar-refractivity contribution is -0.137. The van der Waals surface area contributed by atoms with Crippen molar-refractivity contribution in [2.24, 2.45) is 0 Å². The van der Waals surface area contributed by atoms with E-state index in [1.165, 1.54) is 24.3 Å². The highest BCUT2D eigenvalue weighted by atomic mass is 19.4. The molecule has 0 aromatic heterocycles. The average molecular weight is 266 g/mol. The first-order chi connectivity index (χ1) is 8.91. The Morgan fingerprint density at radius 2 is 1.53 bits per heavy atom. The predicted octanol–water partition coefficient (Wildman–Crippen LogP) is 3.89. The topological polar surface area (TPSA) is 37.3 Å². The van der Waals surface area contributed by atoms with Crippen LogP contribution in [0.1, 0.15) is 15.9 Å². The van der Waals surface area contributed by atoms with E-state index in [0.29, 0.717) is 17.4 Å². The van der Waals surface area contributed by atoms with Crippen molar-refractivity contribution in [2.45, 2.75) is 6.18 Å². The molecule has 1 N–H and O–H groups in total. The number of aromatic hydroxyl groups is 1. The van der Waals surface area contributed by atoms with Gasteiger partial charge in [0.15, 0.2) is 6.29 Å². The van der Waals surface area contributed by atoms with Crippen LogP contribution >= 0.6 is 0 Å². The number of alkyl halides is 3. The molecule has 0 unspecified atom stereocenters. The monoisotopic (exact) mass is 266 g/mol. The molecule has 2 aromatic rings. The molecular formula is C14H9F3O2. The van der Waals surface area contributed by atoms with Crippen LogP contribution in [-0.4, -0.2) is 11.4 Å². The second-order valence-corrected chi connectivity index (χ2v) is 3.97. The van der Waals surface area contributed by atoms with Gasteiger partial charge in [0.1, 0.15) is 5.75 Å². The maximum atomic E-state index is 12.4. The molecule has 0 aliphatic carbocycles. The number of hydrogen-bond donors (Lipinski definition) is 1. The van der Waals surface area contributed by atoms with E-state index in [0.717, 1.165) is 12.1 Å². The minimum Gasteiger partial charge on any atom is -0.507 e. The Morgan fingerprint density at radius 3 is 2.00 bits per heavy atom. The summed E-state index contributed by atoms with van der Waals surface area (Å²) in [6.07, 6.45) is -3.87. The first kappa shape index (κ1) is 13.1. The molecule has 0 aliphatic heterocycles. The number of rotatable bonds is 2. The van der Waals surface area contributed by atoms with Crippen LogP contribution in [-0.2, 0) is 6.18 Å². The van der Waals surface area contributed by atoms with Crippen molar-refractivity contribution in [1.29, 1.82) is 0 Å². The number of carbonyl (C=O) groups excluding carboxylic acids is 1. The van der Waals surface area contributed by atoms with Crippen LogP contribution in [0.4, 0.5) is 13.2 Å². The largest absolute Gasteiger partial charge is 0.507 e. The van der Waals surface area contributed by atoms with Crippen LogP contribution in [0.25, 0.3) is 11.1 Å². The summed E-state index contributed by atoms with van der Waals surface area (Å²) in [5.74, 6) is -0.201. The van der Waals surface area contributed by atoms with Crippen LogP contribution in [0, 0.1) is 0 Å². The Kier molecular flexibility index (Phi) is 3.29. The number of halogens is 3. The van der Waals surface area contributed by atoms with Gasteiger partial charge >= 0.3 is 6.18 Å². The molecule has 0 fully saturated rings. The van der Waals surface area contributed by atoms with Gasteiger partial charge in [0.05, 0.1) is 11.1 Å². The fourth-order valence-electron chi connectivity index (χ4n) is 1.67. The molecule has 0 spiro atoms. The molecule has 0 aliphatic rings. The first-order valence-electron chi connectivity index (χ1n) is 5.37. The highest BCUT2D eigenvalue weighted by Gasteiger charge is 2.29. The van der Waals surface area contributed by atoms with Crippen LogP contribution in [0.2, 0.25) is 0 Å². The normalized spacial score (nSPS) is 11.3. The quantitative estimate of drug-likeness (QED) is 0.837. The molecular weight excluding hydrogens is 257 g/mol. The zero-order valence-electron chi connectivity index (χ0n) is 9.61. The number of carbonyl (C=O) groups is 1. The number of aldehydes is 1. The van der Waals surface area contributed by atoms with E-state index < -0.39 is 11.7 Å². The number of phenolic OH excluding ortho intramolecular Hbond substituents is 1. The highest BCUT2D eigenvalue weighted by molar-refractivity contribution is 5.81. The first-order valence-corrected chi connectivity index (χ1v) is 5.37. The second-order valence-electron chi connectivity index (χ2n) is 3.97. The van der Waals surface area contributed by atoms with Crippen LogP contribution in [0.3, 0.4) is 0 Å². The van der Waals surface area contributed by atoms with E-state index >= 15 is 0 Å². The maximum absolute atomic E-state index is 12.4. The third-order valence-electron chi connectivity index (χ3n) is 2.70. The Hall–Kier alpha value is -2.30. The van der Waals surface area contributed by atoms with E-state index in [2.05, 4.69) is 0 Å². The zero-order chi connectivity index (χ0) is 14.0. The smallest absolute Gasteiger partial charge is 0.416 e. The van der Waals surface area contributed by atoms with Gasteiger partial charge in [-0.2, -0.15) is 13.2 Å². The summed E-state index contributed by atoms with van der Waals surface area (Å²) < 4.78 is 37.2. The van der Waals surface area contributed by atoms with Crippen molar-refractivity contribution in [2.75, 3.05) is 0 Å². The molecule has 2 nitrogen and oxygen atoms in total. The number of hydrogen-bond acceptors (Lipinski definition) is 2. The molecule has 0 amide bonds. The van der Waals surface area contributed by atoms with E-state index in [4.69, 9.17) is 0 Å². The lowest BCUT2D eigenvalue weighted by Crippen LogP contribution is -2.03. The summed E-state index contributed by atoms with van der Waals surface area (Å²) in [6.45, 7) is 0. The third kappa shape index (κ3) is 2.76. The van der Waals surface area contributed by atoms with Crippen molar-refractivity contribution < 1.29 is 23.1 Å². The highest BCUT2D eigenvalue weighted by Crippen LogP contribution is 2.32. The molecule has 0 bridgehead atoms. The standard InChI is InChI=1S/C14H9F3O2/c15-14(16,17)12-5-3-9(4-6-12)10-1-2-11(8-18)13(19)7-10/h1-8,19H. The molecule has 98 valence electrons. The second kappa shape index (κ2) is 4.76. The minimum atomic E-state index is -4.37. The summed E-state index contributed by atoms with van der Waals surface area (Å²) in [7, 11) is 0. The van der Waals surface area contributed by atoms with Crippen molar-refractivity contribution in [3.8, 4) is 16.9 Å². The molecule has 0 saturated carbocycles. The zero-order valence-corrected chi connectivity index (χ0v) is 9.61. The Balaban J connectivity index is 2.37. The van der Waals surface area contributed by atoms with Crippen LogP contribution < -0.4 is 0 Å². The molecule has 2 aromatic carbocycles. The average Bonchev–Trinajstić information content (AvgIpc) is 2.38. The third-order valence-corrected chi connectivity index (χ3v) is 2.70. The van der Waals surface area contributed by atoms with Crippen LogP contribution in [0.5, 0.6) is 5.75 Å². The summed E-state index contributed by atoms with van der Waals surface area (Å²) >= 11 is 0. The van der Waals surface area contributed by atoms with E-state index in [-0.39, 0.29) is 11.3 Å². The summed E-state index contributed by atoms with van der Waals surface area (Å²) in [6, 6.07) is 8.89. The van der Waals surface area contributed by atoms with Crippen molar-refractivity contribution in [3.05, 3.63) is 53.6 Å². The van der Waals surface area contributed by atoms with Gasteiger partial charge in [0.25, 0.3) is 0 Å². The summed E-state index contributed by atoms with van der Waals surface area (Å²) in [5, 5.41) is 9.53. The van der Waals surface area contributed by atoms with Gasteiger partial charge in [-0.15, -0.1) is 0 Å². The minimum absolute atomic E-state index is 0.135. The Bertz CT molecular complexity index is 601. The fraction of sp³-hybridized carbons (Fsp3) is 0.0714. The number of phenols is 1. The van der Waals surface area contributed by atoms with Crippen molar-refractivity contribution >= 4 is 6.29 Å². The van der Waals surface area contributed by atoms with E-state index in [1.807, 2.05) is 0 Å². The molecule has 0 heterocycles. The lowest BCUT2D eigenvalue weighted by atomic mass is 10.0. The number of benzene rings is 2. The van der Waals surface area contributed by atoms with Gasteiger partial charge in [-0.05, 0) is 35.4 Å². The van der Waals surface area contributed by atoms with Gasteiger partial charge < -0.3 is 5.11 Å².